The molecule has 8 heteroatoms. The number of carbonyl (C=O) groups excluding carboxylic acids is 1. The Morgan fingerprint density at radius 3 is 2.40 bits per heavy atom. The largest absolute Gasteiger partial charge is 0.494 e. The molecular weight excluding hydrogens is 526 g/mol. The van der Waals surface area contributed by atoms with E-state index in [1.54, 1.807) is 27.9 Å². The molecule has 7 nitrogen and oxygen atoms in total. The van der Waals surface area contributed by atoms with E-state index in [1.165, 1.54) is 6.07 Å². The second-order valence-corrected chi connectivity index (χ2v) is 9.74. The number of aromatic nitrogens is 1. The molecule has 1 aliphatic rings. The summed E-state index contributed by atoms with van der Waals surface area (Å²) in [4.78, 5) is 28.6. The first kappa shape index (κ1) is 27.1. The molecule has 0 saturated carbocycles. The maximum Gasteiger partial charge on any atom is 0.278 e. The molecule has 0 spiro atoms. The standard InChI is InChI=1S/C32H30ClN3O4/c1-3-18-34-22-36(29(24-13-9-6-10-14-24)26-20-25(33)15-16-28(26)39-4-2)35-19-17-27(37)31(30(35)32(34)38)40-21-23-11-7-5-8-12-23/h3,5-17,19-20,29H,1,4,18,21-22H2,2H3. The molecular formula is C32H30ClN3O4. The average Bonchev–Trinajstić information content (AvgIpc) is 2.97. The smallest absolute Gasteiger partial charge is 0.278 e. The summed E-state index contributed by atoms with van der Waals surface area (Å²) in [5.41, 5.74) is 2.44. The first-order valence-electron chi connectivity index (χ1n) is 13.1. The number of fused-ring (bicyclic) bond motifs is 1. The molecule has 40 heavy (non-hydrogen) atoms. The Morgan fingerprint density at radius 2 is 1.70 bits per heavy atom. The fourth-order valence-electron chi connectivity index (χ4n) is 4.91. The van der Waals surface area contributed by atoms with Gasteiger partial charge in [0.15, 0.2) is 11.4 Å². The van der Waals surface area contributed by atoms with Crippen LogP contribution in [-0.4, -0.2) is 35.3 Å². The molecule has 3 aromatic carbocycles. The summed E-state index contributed by atoms with van der Waals surface area (Å²) in [5, 5.41) is 2.57. The van der Waals surface area contributed by atoms with Gasteiger partial charge in [-0.1, -0.05) is 78.3 Å². The predicted molar refractivity (Wildman–Crippen MR) is 157 cm³/mol. The number of ether oxygens (including phenoxy) is 2. The van der Waals surface area contributed by atoms with Crippen LogP contribution in [0, 0.1) is 0 Å². The van der Waals surface area contributed by atoms with E-state index in [0.717, 1.165) is 16.7 Å². The van der Waals surface area contributed by atoms with Crippen LogP contribution in [0.5, 0.6) is 11.5 Å². The van der Waals surface area contributed by atoms with Gasteiger partial charge in [-0.15, -0.1) is 6.58 Å². The molecule has 0 N–H and O–H groups in total. The van der Waals surface area contributed by atoms with Crippen molar-refractivity contribution in [3.8, 4) is 11.5 Å². The van der Waals surface area contributed by atoms with Gasteiger partial charge >= 0.3 is 0 Å². The van der Waals surface area contributed by atoms with Crippen molar-refractivity contribution in [2.24, 2.45) is 0 Å². The van der Waals surface area contributed by atoms with Gasteiger partial charge in [0.25, 0.3) is 5.91 Å². The molecule has 1 unspecified atom stereocenters. The lowest BCUT2D eigenvalue weighted by atomic mass is 9.97. The number of pyridine rings is 1. The Bertz CT molecular complexity index is 1560. The van der Waals surface area contributed by atoms with Gasteiger partial charge in [-0.2, -0.15) is 0 Å². The second kappa shape index (κ2) is 12.1. The third-order valence-electron chi connectivity index (χ3n) is 6.67. The van der Waals surface area contributed by atoms with Crippen LogP contribution in [0.3, 0.4) is 0 Å². The monoisotopic (exact) mass is 555 g/mol. The molecule has 5 rings (SSSR count). The van der Waals surface area contributed by atoms with Gasteiger partial charge < -0.3 is 14.4 Å². The summed E-state index contributed by atoms with van der Waals surface area (Å²) in [7, 11) is 0. The number of hydrogen-bond donors (Lipinski definition) is 0. The lowest BCUT2D eigenvalue weighted by Gasteiger charge is -2.44. The number of carbonyl (C=O) groups is 1. The average molecular weight is 556 g/mol. The minimum atomic E-state index is -0.426. The molecule has 2 heterocycles. The van der Waals surface area contributed by atoms with Gasteiger partial charge in [-0.25, -0.2) is 0 Å². The Hall–Kier alpha value is -4.49. The normalized spacial score (nSPS) is 13.5. The number of hydrogen-bond acceptors (Lipinski definition) is 5. The molecule has 4 aromatic rings. The minimum absolute atomic E-state index is 0.00180. The molecule has 0 radical (unpaired) electrons. The van der Waals surface area contributed by atoms with Gasteiger partial charge in [0.1, 0.15) is 25.1 Å². The first-order chi connectivity index (χ1) is 19.5. The maximum absolute atomic E-state index is 13.8. The Morgan fingerprint density at radius 1 is 0.975 bits per heavy atom. The van der Waals surface area contributed by atoms with E-state index in [0.29, 0.717) is 17.4 Å². The number of rotatable bonds is 10. The number of nitrogens with zero attached hydrogens (tertiary/aromatic N) is 3. The number of benzene rings is 3. The van der Waals surface area contributed by atoms with Gasteiger partial charge in [-0.3, -0.25) is 19.3 Å². The van der Waals surface area contributed by atoms with Gasteiger partial charge in [0.2, 0.25) is 5.43 Å². The predicted octanol–water partition coefficient (Wildman–Crippen LogP) is 5.81. The van der Waals surface area contributed by atoms with E-state index in [4.69, 9.17) is 21.1 Å². The minimum Gasteiger partial charge on any atom is -0.494 e. The highest BCUT2D eigenvalue weighted by molar-refractivity contribution is 6.30. The van der Waals surface area contributed by atoms with Crippen molar-refractivity contribution in [1.82, 2.24) is 9.58 Å². The van der Waals surface area contributed by atoms with Crippen LogP contribution in [0.25, 0.3) is 0 Å². The van der Waals surface area contributed by atoms with Crippen LogP contribution in [0.15, 0.2) is 109 Å². The fourth-order valence-corrected chi connectivity index (χ4v) is 5.10. The zero-order valence-corrected chi connectivity index (χ0v) is 23.0. The van der Waals surface area contributed by atoms with Crippen molar-refractivity contribution >= 4 is 17.5 Å². The van der Waals surface area contributed by atoms with Crippen LogP contribution >= 0.6 is 11.6 Å². The van der Waals surface area contributed by atoms with Crippen LogP contribution < -0.4 is 19.9 Å². The highest BCUT2D eigenvalue weighted by atomic mass is 35.5. The summed E-state index contributed by atoms with van der Waals surface area (Å²) in [5.74, 6) is 0.356. The van der Waals surface area contributed by atoms with Crippen LogP contribution in [-0.2, 0) is 6.61 Å². The second-order valence-electron chi connectivity index (χ2n) is 9.30. The lowest BCUT2D eigenvalue weighted by Crippen LogP contribution is -2.55. The summed E-state index contributed by atoms with van der Waals surface area (Å²) in [6.07, 6.45) is 3.29. The van der Waals surface area contributed by atoms with E-state index < -0.39 is 6.04 Å². The van der Waals surface area contributed by atoms with E-state index in [1.807, 2.05) is 84.7 Å². The number of amides is 1. The third-order valence-corrected chi connectivity index (χ3v) is 6.91. The van der Waals surface area contributed by atoms with Crippen molar-refractivity contribution in [2.75, 3.05) is 24.8 Å². The maximum atomic E-state index is 13.8. The molecule has 1 aliphatic heterocycles. The van der Waals surface area contributed by atoms with Crippen molar-refractivity contribution in [3.63, 3.8) is 0 Å². The summed E-state index contributed by atoms with van der Waals surface area (Å²) < 4.78 is 13.8. The van der Waals surface area contributed by atoms with Crippen LogP contribution in [0.4, 0.5) is 0 Å². The highest BCUT2D eigenvalue weighted by Gasteiger charge is 2.37. The third kappa shape index (κ3) is 5.46. The Kier molecular flexibility index (Phi) is 8.22. The van der Waals surface area contributed by atoms with Crippen molar-refractivity contribution in [3.05, 3.63) is 141 Å². The molecule has 0 bridgehead atoms. The van der Waals surface area contributed by atoms with Crippen molar-refractivity contribution in [2.45, 2.75) is 19.6 Å². The zero-order valence-electron chi connectivity index (χ0n) is 22.2. The highest BCUT2D eigenvalue weighted by Crippen LogP contribution is 2.38. The first-order valence-corrected chi connectivity index (χ1v) is 13.5. The van der Waals surface area contributed by atoms with E-state index in [2.05, 4.69) is 6.58 Å². The van der Waals surface area contributed by atoms with E-state index in [9.17, 15) is 9.59 Å². The van der Waals surface area contributed by atoms with Crippen LogP contribution in [0.1, 0.15) is 40.1 Å². The number of halogens is 1. The van der Waals surface area contributed by atoms with Crippen LogP contribution in [0.2, 0.25) is 5.02 Å². The topological polar surface area (TPSA) is 64.0 Å². The van der Waals surface area contributed by atoms with Gasteiger partial charge in [0, 0.05) is 29.4 Å². The van der Waals surface area contributed by atoms with E-state index >= 15 is 0 Å². The van der Waals surface area contributed by atoms with Crippen molar-refractivity contribution in [1.29, 1.82) is 0 Å². The van der Waals surface area contributed by atoms with Crippen molar-refractivity contribution < 1.29 is 14.3 Å². The lowest BCUT2D eigenvalue weighted by molar-refractivity contribution is 0.0698. The molecule has 204 valence electrons. The molecule has 1 aromatic heterocycles. The summed E-state index contributed by atoms with van der Waals surface area (Å²) in [6, 6.07) is 26.0. The molecule has 0 saturated heterocycles. The Balaban J connectivity index is 1.70. The Labute approximate surface area is 238 Å². The fraction of sp³-hybridized carbons (Fsp3) is 0.188. The SMILES string of the molecule is C=CCN1CN(C(c2ccccc2)c2cc(Cl)ccc2OCC)n2ccc(=O)c(OCc3ccccc3)c2C1=O. The quantitative estimate of drug-likeness (QED) is 0.231. The summed E-state index contributed by atoms with van der Waals surface area (Å²) in [6.45, 7) is 6.89. The van der Waals surface area contributed by atoms with E-state index in [-0.39, 0.29) is 42.6 Å². The molecule has 0 aliphatic carbocycles. The molecule has 1 atom stereocenters. The molecule has 1 amide bonds. The molecule has 0 fully saturated rings. The summed E-state index contributed by atoms with van der Waals surface area (Å²) >= 11 is 6.51. The van der Waals surface area contributed by atoms with Gasteiger partial charge in [0.05, 0.1) is 6.61 Å². The van der Waals surface area contributed by atoms with Gasteiger partial charge in [-0.05, 0) is 36.2 Å². The zero-order chi connectivity index (χ0) is 28.1.